The lowest BCUT2D eigenvalue weighted by molar-refractivity contribution is 0.00578. The molecule has 1 aliphatic heterocycles. The summed E-state index contributed by atoms with van der Waals surface area (Å²) < 4.78 is 11.8. The van der Waals surface area contributed by atoms with Crippen molar-refractivity contribution in [2.75, 3.05) is 6.61 Å². The van der Waals surface area contributed by atoms with Gasteiger partial charge < -0.3 is 19.4 Å². The summed E-state index contributed by atoms with van der Waals surface area (Å²) >= 11 is 0. The molecule has 0 radical (unpaired) electrons. The van der Waals surface area contributed by atoms with E-state index in [-0.39, 0.29) is 12.2 Å². The van der Waals surface area contributed by atoms with Crippen LogP contribution in [0.1, 0.15) is 33.4 Å². The minimum absolute atomic E-state index is 0.0112. The van der Waals surface area contributed by atoms with E-state index < -0.39 is 18.3 Å². The SMILES string of the molecule is CC1(C)OB(c2cc(CCO)[nH]c(=O)c2)OC1(C)C. The van der Waals surface area contributed by atoms with Crippen molar-refractivity contribution >= 4 is 12.6 Å². The van der Waals surface area contributed by atoms with Gasteiger partial charge in [-0.2, -0.15) is 0 Å². The second-order valence-electron chi connectivity index (χ2n) is 5.87. The van der Waals surface area contributed by atoms with Crippen molar-refractivity contribution in [2.24, 2.45) is 0 Å². The molecule has 6 heteroatoms. The van der Waals surface area contributed by atoms with Crippen LogP contribution in [0.4, 0.5) is 0 Å². The van der Waals surface area contributed by atoms with Crippen LogP contribution in [0.2, 0.25) is 0 Å². The lowest BCUT2D eigenvalue weighted by atomic mass is 9.79. The lowest BCUT2D eigenvalue weighted by Gasteiger charge is -2.32. The largest absolute Gasteiger partial charge is 0.495 e. The van der Waals surface area contributed by atoms with E-state index in [4.69, 9.17) is 14.4 Å². The van der Waals surface area contributed by atoms with Gasteiger partial charge in [0.25, 0.3) is 0 Å². The fourth-order valence-electron chi connectivity index (χ4n) is 1.99. The highest BCUT2D eigenvalue weighted by atomic mass is 16.7. The molecule has 1 aliphatic rings. The van der Waals surface area contributed by atoms with Crippen molar-refractivity contribution < 1.29 is 14.4 Å². The van der Waals surface area contributed by atoms with E-state index in [1.807, 2.05) is 27.7 Å². The van der Waals surface area contributed by atoms with E-state index in [9.17, 15) is 4.79 Å². The van der Waals surface area contributed by atoms with Crippen molar-refractivity contribution in [3.63, 3.8) is 0 Å². The smallest absolute Gasteiger partial charge is 0.399 e. The van der Waals surface area contributed by atoms with Gasteiger partial charge in [-0.3, -0.25) is 4.79 Å². The molecule has 2 N–H and O–H groups in total. The first-order valence-corrected chi connectivity index (χ1v) is 6.45. The molecule has 5 nitrogen and oxygen atoms in total. The summed E-state index contributed by atoms with van der Waals surface area (Å²) in [5.41, 5.74) is 0.288. The highest BCUT2D eigenvalue weighted by molar-refractivity contribution is 6.62. The third kappa shape index (κ3) is 2.75. The molecule has 0 amide bonds. The van der Waals surface area contributed by atoms with Crippen LogP contribution in [0.15, 0.2) is 16.9 Å². The van der Waals surface area contributed by atoms with Gasteiger partial charge in [0.1, 0.15) is 0 Å². The Kier molecular flexibility index (Phi) is 3.60. The van der Waals surface area contributed by atoms with E-state index >= 15 is 0 Å². The monoisotopic (exact) mass is 265 g/mol. The summed E-state index contributed by atoms with van der Waals surface area (Å²) in [5.74, 6) is 0. The summed E-state index contributed by atoms with van der Waals surface area (Å²) in [6.45, 7) is 7.86. The number of nitrogens with one attached hydrogen (secondary N) is 1. The summed E-state index contributed by atoms with van der Waals surface area (Å²) in [4.78, 5) is 14.3. The maximum atomic E-state index is 11.6. The molecule has 1 saturated heterocycles. The molecule has 19 heavy (non-hydrogen) atoms. The number of hydrogen-bond acceptors (Lipinski definition) is 4. The highest BCUT2D eigenvalue weighted by Gasteiger charge is 2.51. The summed E-state index contributed by atoms with van der Waals surface area (Å²) in [6.07, 6.45) is 0.405. The molecular formula is C13H20BNO4. The number of aromatic amines is 1. The van der Waals surface area contributed by atoms with Crippen molar-refractivity contribution in [3.8, 4) is 0 Å². The number of hydrogen-bond donors (Lipinski definition) is 2. The molecule has 2 heterocycles. The van der Waals surface area contributed by atoms with Crippen LogP contribution in [-0.4, -0.2) is 35.0 Å². The second kappa shape index (κ2) is 4.78. The fourth-order valence-corrected chi connectivity index (χ4v) is 1.99. The Morgan fingerprint density at radius 2 is 1.79 bits per heavy atom. The van der Waals surface area contributed by atoms with Crippen molar-refractivity contribution in [2.45, 2.75) is 45.3 Å². The van der Waals surface area contributed by atoms with Gasteiger partial charge in [0.2, 0.25) is 5.56 Å². The lowest BCUT2D eigenvalue weighted by Crippen LogP contribution is -2.41. The standard InChI is InChI=1S/C13H20BNO4/c1-12(2)13(3,4)19-14(18-12)9-7-10(5-6-16)15-11(17)8-9/h7-8,16H,5-6H2,1-4H3,(H,15,17). The molecule has 2 rings (SSSR count). The van der Waals surface area contributed by atoms with E-state index in [1.54, 1.807) is 6.07 Å². The third-order valence-electron chi connectivity index (χ3n) is 3.83. The Bertz CT molecular complexity index is 508. The summed E-state index contributed by atoms with van der Waals surface area (Å²) in [6, 6.07) is 3.28. The zero-order chi connectivity index (χ0) is 14.3. The number of aliphatic hydroxyl groups excluding tert-OH is 1. The van der Waals surface area contributed by atoms with E-state index in [0.717, 1.165) is 0 Å². The van der Waals surface area contributed by atoms with Crippen LogP contribution in [-0.2, 0) is 15.7 Å². The van der Waals surface area contributed by atoms with Gasteiger partial charge in [-0.15, -0.1) is 0 Å². The summed E-state index contributed by atoms with van der Waals surface area (Å²) in [7, 11) is -0.551. The van der Waals surface area contributed by atoms with Gasteiger partial charge in [-0.25, -0.2) is 0 Å². The number of rotatable bonds is 3. The molecule has 104 valence electrons. The average molecular weight is 265 g/mol. The molecule has 0 saturated carbocycles. The van der Waals surface area contributed by atoms with E-state index in [1.165, 1.54) is 6.07 Å². The fraction of sp³-hybridized carbons (Fsp3) is 0.615. The Balaban J connectivity index is 2.31. The molecule has 1 aromatic rings. The van der Waals surface area contributed by atoms with Crippen molar-refractivity contribution in [1.82, 2.24) is 4.98 Å². The van der Waals surface area contributed by atoms with E-state index in [0.29, 0.717) is 17.6 Å². The predicted molar refractivity (Wildman–Crippen MR) is 73.6 cm³/mol. The van der Waals surface area contributed by atoms with Crippen molar-refractivity contribution in [3.05, 3.63) is 28.2 Å². The Hall–Kier alpha value is -1.11. The van der Waals surface area contributed by atoms with Gasteiger partial charge in [0.05, 0.1) is 11.2 Å². The first-order valence-electron chi connectivity index (χ1n) is 6.45. The predicted octanol–water partition coefficient (Wildman–Crippen LogP) is 0.209. The number of H-pyrrole nitrogens is 1. The molecule has 0 aromatic carbocycles. The van der Waals surface area contributed by atoms with Crippen LogP contribution in [0.3, 0.4) is 0 Å². The second-order valence-corrected chi connectivity index (χ2v) is 5.87. The maximum absolute atomic E-state index is 11.6. The van der Waals surface area contributed by atoms with Crippen LogP contribution in [0.25, 0.3) is 0 Å². The van der Waals surface area contributed by atoms with Crippen LogP contribution < -0.4 is 11.0 Å². The molecular weight excluding hydrogens is 245 g/mol. The zero-order valence-electron chi connectivity index (χ0n) is 11.8. The molecule has 0 spiro atoms. The topological polar surface area (TPSA) is 71.5 Å². The minimum atomic E-state index is -0.551. The molecule has 1 aromatic heterocycles. The van der Waals surface area contributed by atoms with Gasteiger partial charge in [-0.05, 0) is 39.2 Å². The Morgan fingerprint density at radius 1 is 1.21 bits per heavy atom. The maximum Gasteiger partial charge on any atom is 0.495 e. The number of aromatic nitrogens is 1. The van der Waals surface area contributed by atoms with Crippen LogP contribution in [0.5, 0.6) is 0 Å². The molecule has 1 fully saturated rings. The number of pyridine rings is 1. The third-order valence-corrected chi connectivity index (χ3v) is 3.83. The van der Waals surface area contributed by atoms with Crippen LogP contribution >= 0.6 is 0 Å². The molecule has 0 atom stereocenters. The zero-order valence-corrected chi connectivity index (χ0v) is 11.8. The van der Waals surface area contributed by atoms with E-state index in [2.05, 4.69) is 4.98 Å². The molecule has 0 unspecified atom stereocenters. The van der Waals surface area contributed by atoms with Crippen LogP contribution in [0, 0.1) is 0 Å². The minimum Gasteiger partial charge on any atom is -0.399 e. The van der Waals surface area contributed by atoms with Gasteiger partial charge >= 0.3 is 7.12 Å². The van der Waals surface area contributed by atoms with Gasteiger partial charge in [0.15, 0.2) is 0 Å². The highest BCUT2D eigenvalue weighted by Crippen LogP contribution is 2.36. The van der Waals surface area contributed by atoms with Gasteiger partial charge in [-0.1, -0.05) is 0 Å². The normalized spacial score (nSPS) is 20.8. The first kappa shape index (κ1) is 14.3. The Morgan fingerprint density at radius 3 is 2.32 bits per heavy atom. The average Bonchev–Trinajstić information content (AvgIpc) is 2.48. The van der Waals surface area contributed by atoms with Gasteiger partial charge in [0, 0.05) is 24.8 Å². The molecule has 0 aliphatic carbocycles. The summed E-state index contributed by atoms with van der Waals surface area (Å²) in [5, 5.41) is 8.95. The first-order chi connectivity index (χ1) is 8.75. The number of aliphatic hydroxyl groups is 1. The molecule has 0 bridgehead atoms. The Labute approximate surface area is 113 Å². The van der Waals surface area contributed by atoms with Crippen molar-refractivity contribution in [1.29, 1.82) is 0 Å². The quantitative estimate of drug-likeness (QED) is 0.766.